The molecule has 0 spiro atoms. The van der Waals surface area contributed by atoms with Crippen molar-refractivity contribution in [3.05, 3.63) is 88.0 Å². The largest absolute Gasteiger partial charge is 0.420 e. The van der Waals surface area contributed by atoms with Gasteiger partial charge in [-0.25, -0.2) is 21.6 Å². The van der Waals surface area contributed by atoms with Gasteiger partial charge in [-0.1, -0.05) is 29.3 Å². The first-order valence-corrected chi connectivity index (χ1v) is 10.7. The lowest BCUT2D eigenvalue weighted by Gasteiger charge is -2.10. The number of hydrogen-bond acceptors (Lipinski definition) is 4. The SMILES string of the molecule is Cc1ccc(S(=O)(=O)n2c3ccc(C)cc3c3oc(=O)c4cc(F)ccc4c32)cc1. The standard InChI is InChI=1S/C23H16FNO4S/c1-13-3-7-16(8-4-13)30(27,28)25-20-10-5-14(2)11-19(20)22-21(25)17-9-6-15(24)12-18(17)23(26)29-22/h3-12H,1-2H3. The monoisotopic (exact) mass is 421 g/mol. The summed E-state index contributed by atoms with van der Waals surface area (Å²) < 4.78 is 47.9. The minimum atomic E-state index is -4.03. The number of rotatable bonds is 2. The second-order valence-corrected chi connectivity index (χ2v) is 9.15. The molecule has 0 aliphatic rings. The van der Waals surface area contributed by atoms with Crippen LogP contribution in [0.5, 0.6) is 0 Å². The highest BCUT2D eigenvalue weighted by Gasteiger charge is 2.27. The van der Waals surface area contributed by atoms with Crippen molar-refractivity contribution in [3.8, 4) is 0 Å². The first-order chi connectivity index (χ1) is 14.3. The van der Waals surface area contributed by atoms with E-state index in [-0.39, 0.29) is 21.4 Å². The lowest BCUT2D eigenvalue weighted by atomic mass is 10.1. The Kier molecular flexibility index (Phi) is 3.88. The van der Waals surface area contributed by atoms with Crippen LogP contribution in [0, 0.1) is 19.7 Å². The molecule has 0 amide bonds. The molecule has 3 aromatic carbocycles. The van der Waals surface area contributed by atoms with Crippen LogP contribution < -0.4 is 5.63 Å². The quantitative estimate of drug-likeness (QED) is 0.407. The van der Waals surface area contributed by atoms with Gasteiger partial charge in [0.1, 0.15) is 11.3 Å². The average molecular weight is 421 g/mol. The van der Waals surface area contributed by atoms with E-state index in [0.29, 0.717) is 16.3 Å². The van der Waals surface area contributed by atoms with Gasteiger partial charge < -0.3 is 4.42 Å². The molecule has 5 nitrogen and oxygen atoms in total. The Balaban J connectivity index is 2.05. The lowest BCUT2D eigenvalue weighted by molar-refractivity contribution is 0.569. The molecular formula is C23H16FNO4S. The van der Waals surface area contributed by atoms with Gasteiger partial charge in [0.2, 0.25) is 0 Å². The van der Waals surface area contributed by atoms with Crippen molar-refractivity contribution in [1.29, 1.82) is 0 Å². The van der Waals surface area contributed by atoms with Gasteiger partial charge in [-0.05, 0) is 56.3 Å². The highest BCUT2D eigenvalue weighted by molar-refractivity contribution is 7.90. The van der Waals surface area contributed by atoms with Crippen LogP contribution in [0.25, 0.3) is 32.8 Å². The average Bonchev–Trinajstić information content (AvgIpc) is 3.03. The van der Waals surface area contributed by atoms with Crippen molar-refractivity contribution in [2.45, 2.75) is 18.7 Å². The van der Waals surface area contributed by atoms with E-state index in [2.05, 4.69) is 0 Å². The summed E-state index contributed by atoms with van der Waals surface area (Å²) in [7, 11) is -4.03. The van der Waals surface area contributed by atoms with Gasteiger partial charge in [-0.3, -0.25) is 0 Å². The van der Waals surface area contributed by atoms with Crippen LogP contribution in [0.1, 0.15) is 11.1 Å². The Labute approximate surface area is 171 Å². The van der Waals surface area contributed by atoms with E-state index in [1.54, 1.807) is 30.3 Å². The highest BCUT2D eigenvalue weighted by Crippen LogP contribution is 2.36. The number of benzene rings is 3. The van der Waals surface area contributed by atoms with Crippen molar-refractivity contribution >= 4 is 42.8 Å². The van der Waals surface area contributed by atoms with Gasteiger partial charge in [0.05, 0.1) is 15.8 Å². The number of fused-ring (bicyclic) bond motifs is 5. The van der Waals surface area contributed by atoms with E-state index in [0.717, 1.165) is 17.2 Å². The van der Waals surface area contributed by atoms with Crippen LogP contribution in [0.15, 0.2) is 74.8 Å². The Morgan fingerprint density at radius 3 is 2.27 bits per heavy atom. The molecule has 150 valence electrons. The predicted molar refractivity (Wildman–Crippen MR) is 114 cm³/mol. The number of aryl methyl sites for hydroxylation is 2. The molecule has 0 aliphatic carbocycles. The second kappa shape index (κ2) is 6.27. The maximum atomic E-state index is 13.8. The maximum absolute atomic E-state index is 13.8. The summed E-state index contributed by atoms with van der Waals surface area (Å²) in [6.07, 6.45) is 0. The van der Waals surface area contributed by atoms with E-state index >= 15 is 0 Å². The molecule has 7 heteroatoms. The van der Waals surface area contributed by atoms with E-state index in [1.807, 2.05) is 13.8 Å². The number of nitrogens with zero attached hydrogens (tertiary/aromatic N) is 1. The Hall–Kier alpha value is -3.45. The molecule has 30 heavy (non-hydrogen) atoms. The molecule has 0 aliphatic heterocycles. The van der Waals surface area contributed by atoms with Crippen molar-refractivity contribution < 1.29 is 17.2 Å². The van der Waals surface area contributed by atoms with Crippen molar-refractivity contribution in [1.82, 2.24) is 3.97 Å². The third kappa shape index (κ3) is 2.59. The zero-order valence-electron chi connectivity index (χ0n) is 16.1. The van der Waals surface area contributed by atoms with Crippen LogP contribution in [0.4, 0.5) is 4.39 Å². The summed E-state index contributed by atoms with van der Waals surface area (Å²) >= 11 is 0. The number of hydrogen-bond donors (Lipinski definition) is 0. The summed E-state index contributed by atoms with van der Waals surface area (Å²) in [6.45, 7) is 3.74. The first kappa shape index (κ1) is 18.6. The fraction of sp³-hybridized carbons (Fsp3) is 0.0870. The molecular weight excluding hydrogens is 405 g/mol. The van der Waals surface area contributed by atoms with Crippen molar-refractivity contribution in [3.63, 3.8) is 0 Å². The van der Waals surface area contributed by atoms with Gasteiger partial charge in [0.15, 0.2) is 5.58 Å². The summed E-state index contributed by atoms with van der Waals surface area (Å²) in [6, 6.07) is 15.5. The van der Waals surface area contributed by atoms with Crippen LogP contribution in [-0.4, -0.2) is 12.4 Å². The fourth-order valence-corrected chi connectivity index (χ4v) is 5.32. The minimum Gasteiger partial charge on any atom is -0.420 e. The van der Waals surface area contributed by atoms with Crippen LogP contribution in [0.2, 0.25) is 0 Å². The van der Waals surface area contributed by atoms with Crippen molar-refractivity contribution in [2.75, 3.05) is 0 Å². The number of halogens is 1. The molecule has 0 N–H and O–H groups in total. The zero-order valence-corrected chi connectivity index (χ0v) is 17.0. The zero-order chi connectivity index (χ0) is 21.2. The van der Waals surface area contributed by atoms with E-state index in [9.17, 15) is 17.6 Å². The van der Waals surface area contributed by atoms with Crippen LogP contribution in [0.3, 0.4) is 0 Å². The molecule has 2 aromatic heterocycles. The molecule has 0 atom stereocenters. The van der Waals surface area contributed by atoms with Gasteiger partial charge in [-0.2, -0.15) is 0 Å². The van der Waals surface area contributed by atoms with E-state index in [1.165, 1.54) is 28.2 Å². The Morgan fingerprint density at radius 2 is 1.53 bits per heavy atom. The lowest BCUT2D eigenvalue weighted by Crippen LogP contribution is -2.13. The normalized spacial score (nSPS) is 12.2. The molecule has 0 fully saturated rings. The van der Waals surface area contributed by atoms with Crippen LogP contribution in [-0.2, 0) is 10.0 Å². The summed E-state index contributed by atoms with van der Waals surface area (Å²) in [5, 5.41) is 0.804. The second-order valence-electron chi connectivity index (χ2n) is 7.36. The molecule has 0 bridgehead atoms. The highest BCUT2D eigenvalue weighted by atomic mass is 32.2. The molecule has 5 rings (SSSR count). The van der Waals surface area contributed by atoms with E-state index in [4.69, 9.17) is 4.42 Å². The molecule has 0 unspecified atom stereocenters. The predicted octanol–water partition coefficient (Wildman–Crippen LogP) is 4.89. The van der Waals surface area contributed by atoms with Gasteiger partial charge >= 0.3 is 5.63 Å². The fourth-order valence-electron chi connectivity index (χ4n) is 3.79. The smallest absolute Gasteiger partial charge is 0.344 e. The Morgan fingerprint density at radius 1 is 0.833 bits per heavy atom. The van der Waals surface area contributed by atoms with Gasteiger partial charge in [-0.15, -0.1) is 0 Å². The summed E-state index contributed by atoms with van der Waals surface area (Å²) in [5.74, 6) is -0.603. The summed E-state index contributed by atoms with van der Waals surface area (Å²) in [4.78, 5) is 12.7. The third-order valence-corrected chi connectivity index (χ3v) is 6.97. The maximum Gasteiger partial charge on any atom is 0.344 e. The van der Waals surface area contributed by atoms with Gasteiger partial charge in [0.25, 0.3) is 10.0 Å². The molecule has 0 saturated heterocycles. The van der Waals surface area contributed by atoms with Gasteiger partial charge in [0, 0.05) is 10.8 Å². The molecule has 2 heterocycles. The third-order valence-electron chi connectivity index (χ3n) is 5.24. The summed E-state index contributed by atoms with van der Waals surface area (Å²) in [5.41, 5.74) is 1.86. The molecule has 0 radical (unpaired) electrons. The number of aromatic nitrogens is 1. The topological polar surface area (TPSA) is 69.3 Å². The van der Waals surface area contributed by atoms with Crippen LogP contribution >= 0.6 is 0 Å². The van der Waals surface area contributed by atoms with E-state index < -0.39 is 21.5 Å². The minimum absolute atomic E-state index is 0.0117. The molecule has 0 saturated carbocycles. The first-order valence-electron chi connectivity index (χ1n) is 9.27. The Bertz CT molecular complexity index is 1650. The van der Waals surface area contributed by atoms with Crippen molar-refractivity contribution in [2.24, 2.45) is 0 Å². The molecule has 5 aromatic rings.